The molecule has 0 N–H and O–H groups in total. The Morgan fingerprint density at radius 2 is 1.83 bits per heavy atom. The summed E-state index contributed by atoms with van der Waals surface area (Å²) in [5.41, 5.74) is 0.524. The van der Waals surface area contributed by atoms with Crippen LogP contribution >= 0.6 is 0 Å². The standard InChI is InChI=1S/C15H16FN3O4S/c1-18-14(15(20)19-6-8-23-9-7-19)10-13(17-24(18,21)22)11-2-4-12(16)5-3-11/h2-5,10H,6-9H2,1H3. The fourth-order valence-corrected chi connectivity index (χ4v) is 3.35. The molecule has 3 rings (SSSR count). The number of benzene rings is 1. The number of rotatable bonds is 2. The third-order valence-electron chi connectivity index (χ3n) is 3.83. The summed E-state index contributed by atoms with van der Waals surface area (Å²) < 4.78 is 47.3. The first-order valence-corrected chi connectivity index (χ1v) is 8.72. The Morgan fingerprint density at radius 1 is 1.21 bits per heavy atom. The van der Waals surface area contributed by atoms with Crippen molar-refractivity contribution in [3.63, 3.8) is 0 Å². The molecular formula is C15H16FN3O4S. The number of ether oxygens (including phenoxy) is 1. The molecular weight excluding hydrogens is 337 g/mol. The number of carbonyl (C=O) groups is 1. The third kappa shape index (κ3) is 3.17. The molecule has 0 bridgehead atoms. The summed E-state index contributed by atoms with van der Waals surface area (Å²) in [6, 6.07) is 5.25. The number of carbonyl (C=O) groups excluding carboxylic acids is 1. The molecule has 7 nitrogen and oxygen atoms in total. The summed E-state index contributed by atoms with van der Waals surface area (Å²) in [6.45, 7) is 1.61. The van der Waals surface area contributed by atoms with Crippen LogP contribution in [0.4, 0.5) is 4.39 Å². The van der Waals surface area contributed by atoms with Crippen molar-refractivity contribution < 1.29 is 22.3 Å². The highest BCUT2D eigenvalue weighted by Gasteiger charge is 2.32. The van der Waals surface area contributed by atoms with Crippen LogP contribution in [0.5, 0.6) is 0 Å². The zero-order valence-electron chi connectivity index (χ0n) is 13.0. The van der Waals surface area contributed by atoms with Gasteiger partial charge in [-0.25, -0.2) is 8.70 Å². The molecule has 0 atom stereocenters. The molecule has 2 aliphatic rings. The lowest BCUT2D eigenvalue weighted by Crippen LogP contribution is -2.45. The van der Waals surface area contributed by atoms with Gasteiger partial charge < -0.3 is 9.64 Å². The fourth-order valence-electron chi connectivity index (χ4n) is 2.44. The van der Waals surface area contributed by atoms with Crippen LogP contribution in [0.25, 0.3) is 0 Å². The van der Waals surface area contributed by atoms with E-state index in [2.05, 4.69) is 4.40 Å². The molecule has 0 radical (unpaired) electrons. The minimum Gasteiger partial charge on any atom is -0.378 e. The van der Waals surface area contributed by atoms with Crippen LogP contribution in [-0.2, 0) is 19.7 Å². The van der Waals surface area contributed by atoms with E-state index < -0.39 is 21.9 Å². The summed E-state index contributed by atoms with van der Waals surface area (Å²) >= 11 is 0. The smallest absolute Gasteiger partial charge is 0.345 e. The first kappa shape index (κ1) is 16.6. The van der Waals surface area contributed by atoms with Crippen molar-refractivity contribution in [2.75, 3.05) is 33.4 Å². The van der Waals surface area contributed by atoms with E-state index in [-0.39, 0.29) is 11.4 Å². The van der Waals surface area contributed by atoms with Crippen molar-refractivity contribution in [2.24, 2.45) is 4.40 Å². The number of amides is 1. The zero-order valence-corrected chi connectivity index (χ0v) is 13.8. The van der Waals surface area contributed by atoms with Crippen molar-refractivity contribution in [2.45, 2.75) is 0 Å². The molecule has 0 unspecified atom stereocenters. The number of hydrogen-bond donors (Lipinski definition) is 0. The first-order chi connectivity index (χ1) is 11.4. The molecule has 0 aromatic heterocycles. The van der Waals surface area contributed by atoms with Gasteiger partial charge in [0.1, 0.15) is 11.5 Å². The van der Waals surface area contributed by atoms with Gasteiger partial charge in [-0.15, -0.1) is 4.40 Å². The van der Waals surface area contributed by atoms with Crippen molar-refractivity contribution >= 4 is 21.8 Å². The van der Waals surface area contributed by atoms with Gasteiger partial charge in [0.25, 0.3) is 5.91 Å². The number of likely N-dealkylation sites (N-methyl/N-ethyl adjacent to an activating group) is 1. The Hall–Kier alpha value is -2.26. The van der Waals surface area contributed by atoms with Gasteiger partial charge in [0.05, 0.1) is 18.9 Å². The molecule has 9 heteroatoms. The van der Waals surface area contributed by atoms with Crippen LogP contribution in [0.3, 0.4) is 0 Å². The van der Waals surface area contributed by atoms with Crippen molar-refractivity contribution in [1.29, 1.82) is 0 Å². The maximum Gasteiger partial charge on any atom is 0.345 e. The van der Waals surface area contributed by atoms with E-state index in [1.54, 1.807) is 0 Å². The monoisotopic (exact) mass is 353 g/mol. The second-order valence-electron chi connectivity index (χ2n) is 5.36. The summed E-state index contributed by atoms with van der Waals surface area (Å²) in [7, 11) is -2.74. The van der Waals surface area contributed by atoms with Gasteiger partial charge >= 0.3 is 10.2 Å². The summed E-state index contributed by atoms with van der Waals surface area (Å²) in [5, 5.41) is 0. The topological polar surface area (TPSA) is 79.3 Å². The Morgan fingerprint density at radius 3 is 2.46 bits per heavy atom. The first-order valence-electron chi connectivity index (χ1n) is 7.32. The lowest BCUT2D eigenvalue weighted by molar-refractivity contribution is -0.132. The van der Waals surface area contributed by atoms with Crippen molar-refractivity contribution in [3.8, 4) is 0 Å². The van der Waals surface area contributed by atoms with Crippen LogP contribution in [-0.4, -0.2) is 62.6 Å². The second-order valence-corrected chi connectivity index (χ2v) is 6.99. The molecule has 0 spiro atoms. The van der Waals surface area contributed by atoms with Crippen molar-refractivity contribution in [3.05, 3.63) is 47.4 Å². The highest BCUT2D eigenvalue weighted by molar-refractivity contribution is 7.88. The maximum atomic E-state index is 13.1. The van der Waals surface area contributed by atoms with Crippen LogP contribution in [0.1, 0.15) is 5.56 Å². The number of nitrogens with zero attached hydrogens (tertiary/aromatic N) is 3. The van der Waals surface area contributed by atoms with E-state index in [0.29, 0.717) is 31.9 Å². The fraction of sp³-hybridized carbons (Fsp3) is 0.333. The molecule has 0 saturated carbocycles. The molecule has 0 aliphatic carbocycles. The van der Waals surface area contributed by atoms with Crippen LogP contribution in [0.2, 0.25) is 0 Å². The second kappa shape index (κ2) is 6.33. The molecule has 128 valence electrons. The van der Waals surface area contributed by atoms with Crippen molar-refractivity contribution in [1.82, 2.24) is 9.21 Å². The van der Waals surface area contributed by atoms with E-state index in [9.17, 15) is 17.6 Å². The van der Waals surface area contributed by atoms with Gasteiger partial charge in [0, 0.05) is 25.7 Å². The highest BCUT2D eigenvalue weighted by atomic mass is 32.2. The predicted octanol–water partition coefficient (Wildman–Crippen LogP) is 0.548. The molecule has 1 fully saturated rings. The molecule has 24 heavy (non-hydrogen) atoms. The molecule has 1 aromatic rings. The molecule has 1 aromatic carbocycles. The average Bonchev–Trinajstić information content (AvgIpc) is 2.58. The van der Waals surface area contributed by atoms with Crippen LogP contribution < -0.4 is 0 Å². The SMILES string of the molecule is CN1C(C(=O)N2CCOCC2)=CC(c2ccc(F)cc2)=NS1(=O)=O. The van der Waals surface area contributed by atoms with Gasteiger partial charge in [0.2, 0.25) is 0 Å². The molecule has 2 aliphatic heterocycles. The van der Waals surface area contributed by atoms with E-state index >= 15 is 0 Å². The van der Waals surface area contributed by atoms with Gasteiger partial charge in [0.15, 0.2) is 0 Å². The maximum absolute atomic E-state index is 13.1. The summed E-state index contributed by atoms with van der Waals surface area (Å²) in [5.74, 6) is -0.845. The van der Waals surface area contributed by atoms with E-state index in [1.807, 2.05) is 0 Å². The molecule has 2 heterocycles. The van der Waals surface area contributed by atoms with E-state index in [0.717, 1.165) is 4.31 Å². The largest absolute Gasteiger partial charge is 0.378 e. The Labute approximate surface area is 139 Å². The number of morpholine rings is 1. The van der Waals surface area contributed by atoms with Gasteiger partial charge in [-0.05, 0) is 30.3 Å². The predicted molar refractivity (Wildman–Crippen MR) is 85.1 cm³/mol. The Kier molecular flexibility index (Phi) is 4.37. The minimum atomic E-state index is -4.02. The third-order valence-corrected chi connectivity index (χ3v) is 5.15. The lowest BCUT2D eigenvalue weighted by Gasteiger charge is -2.31. The van der Waals surface area contributed by atoms with E-state index in [4.69, 9.17) is 4.74 Å². The highest BCUT2D eigenvalue weighted by Crippen LogP contribution is 2.21. The number of halogens is 1. The molecule has 1 amide bonds. The molecule has 1 saturated heterocycles. The van der Waals surface area contributed by atoms with Crippen LogP contribution in [0.15, 0.2) is 40.4 Å². The normalized spacial score (nSPS) is 20.4. The zero-order chi connectivity index (χ0) is 17.3. The quantitative estimate of drug-likeness (QED) is 0.778. The van der Waals surface area contributed by atoms with Crippen LogP contribution in [0, 0.1) is 5.82 Å². The number of hydrogen-bond acceptors (Lipinski definition) is 4. The van der Waals surface area contributed by atoms with Gasteiger partial charge in [-0.1, -0.05) is 0 Å². The van der Waals surface area contributed by atoms with Gasteiger partial charge in [-0.3, -0.25) is 4.79 Å². The summed E-state index contributed by atoms with van der Waals surface area (Å²) in [4.78, 5) is 14.2. The number of allylic oxidation sites excluding steroid dienone is 1. The Balaban J connectivity index is 1.99. The van der Waals surface area contributed by atoms with E-state index in [1.165, 1.54) is 42.3 Å². The average molecular weight is 353 g/mol. The minimum absolute atomic E-state index is 0.00576. The Bertz CT molecular complexity index is 812. The lowest BCUT2D eigenvalue weighted by atomic mass is 10.1. The van der Waals surface area contributed by atoms with Gasteiger partial charge in [-0.2, -0.15) is 8.42 Å². The summed E-state index contributed by atoms with van der Waals surface area (Å²) in [6.07, 6.45) is 1.41.